The summed E-state index contributed by atoms with van der Waals surface area (Å²) in [6, 6.07) is 15.7. The summed E-state index contributed by atoms with van der Waals surface area (Å²) < 4.78 is 0. The van der Waals surface area contributed by atoms with E-state index in [0.29, 0.717) is 11.6 Å². The minimum absolute atomic E-state index is 0.117. The molecule has 21 heavy (non-hydrogen) atoms. The van der Waals surface area contributed by atoms with Crippen molar-refractivity contribution in [3.63, 3.8) is 0 Å². The highest BCUT2D eigenvalue weighted by Crippen LogP contribution is 2.30. The molecular weight excluding hydrogens is 284 g/mol. The van der Waals surface area contributed by atoms with Crippen LogP contribution in [0.1, 0.15) is 29.2 Å². The van der Waals surface area contributed by atoms with E-state index in [2.05, 4.69) is 22.8 Å². The van der Waals surface area contributed by atoms with Crippen molar-refractivity contribution < 1.29 is 4.79 Å². The van der Waals surface area contributed by atoms with Crippen LogP contribution in [-0.4, -0.2) is 6.03 Å². The van der Waals surface area contributed by atoms with Gasteiger partial charge in [0.05, 0.1) is 6.04 Å². The second-order valence-corrected chi connectivity index (χ2v) is 5.68. The highest BCUT2D eigenvalue weighted by atomic mass is 35.5. The number of nitrogens with one attached hydrogen (secondary N) is 2. The van der Waals surface area contributed by atoms with Crippen molar-refractivity contribution in [2.75, 3.05) is 0 Å². The van der Waals surface area contributed by atoms with Crippen molar-refractivity contribution in [3.05, 3.63) is 70.2 Å². The number of aryl methyl sites for hydroxylation is 1. The highest BCUT2D eigenvalue weighted by molar-refractivity contribution is 6.30. The Bertz CT molecular complexity index is 639. The number of hydrogen-bond donors (Lipinski definition) is 2. The van der Waals surface area contributed by atoms with Gasteiger partial charge in [0.2, 0.25) is 0 Å². The summed E-state index contributed by atoms with van der Waals surface area (Å²) in [6.07, 6.45) is 1.99. The lowest BCUT2D eigenvalue weighted by Gasteiger charge is -2.15. The van der Waals surface area contributed by atoms with Gasteiger partial charge in [0.1, 0.15) is 0 Å². The van der Waals surface area contributed by atoms with E-state index in [0.717, 1.165) is 18.4 Å². The fourth-order valence-electron chi connectivity index (χ4n) is 2.70. The first-order valence-corrected chi connectivity index (χ1v) is 7.47. The number of fused-ring (bicyclic) bond motifs is 1. The van der Waals surface area contributed by atoms with Crippen LogP contribution in [0.25, 0.3) is 0 Å². The first-order chi connectivity index (χ1) is 10.2. The molecule has 1 aliphatic carbocycles. The molecule has 2 N–H and O–H groups in total. The SMILES string of the molecule is O=C(NCc1ccc(Cl)cc1)NC1CCc2ccccc21. The molecule has 1 aliphatic rings. The van der Waals surface area contributed by atoms with E-state index >= 15 is 0 Å². The third-order valence-electron chi connectivity index (χ3n) is 3.80. The van der Waals surface area contributed by atoms with Gasteiger partial charge in [-0.1, -0.05) is 48.0 Å². The van der Waals surface area contributed by atoms with Crippen LogP contribution in [0, 0.1) is 0 Å². The fraction of sp³-hybridized carbons (Fsp3) is 0.235. The molecule has 3 rings (SSSR count). The van der Waals surface area contributed by atoms with Gasteiger partial charge < -0.3 is 10.6 Å². The van der Waals surface area contributed by atoms with E-state index in [9.17, 15) is 4.79 Å². The Morgan fingerprint density at radius 3 is 2.71 bits per heavy atom. The average molecular weight is 301 g/mol. The number of carbonyl (C=O) groups is 1. The predicted octanol–water partition coefficient (Wildman–Crippen LogP) is 3.83. The molecule has 0 bridgehead atoms. The molecular formula is C17H17ClN2O. The number of carbonyl (C=O) groups excluding carboxylic acids is 1. The van der Waals surface area contributed by atoms with E-state index in [1.807, 2.05) is 36.4 Å². The van der Waals surface area contributed by atoms with Crippen molar-refractivity contribution in [3.8, 4) is 0 Å². The van der Waals surface area contributed by atoms with Gasteiger partial charge in [0, 0.05) is 11.6 Å². The second-order valence-electron chi connectivity index (χ2n) is 5.24. The van der Waals surface area contributed by atoms with Gasteiger partial charge >= 0.3 is 6.03 Å². The minimum atomic E-state index is -0.133. The summed E-state index contributed by atoms with van der Waals surface area (Å²) in [6.45, 7) is 0.497. The van der Waals surface area contributed by atoms with Gasteiger partial charge in [-0.25, -0.2) is 4.79 Å². The second kappa shape index (κ2) is 6.19. The predicted molar refractivity (Wildman–Crippen MR) is 84.3 cm³/mol. The Kier molecular flexibility index (Phi) is 4.11. The Hall–Kier alpha value is -2.00. The molecule has 0 radical (unpaired) electrons. The Labute approximate surface area is 129 Å². The summed E-state index contributed by atoms with van der Waals surface area (Å²) in [5.41, 5.74) is 3.60. The maximum atomic E-state index is 12.0. The molecule has 2 aromatic rings. The Morgan fingerprint density at radius 1 is 1.14 bits per heavy atom. The van der Waals surface area contributed by atoms with Gasteiger partial charge in [-0.2, -0.15) is 0 Å². The van der Waals surface area contributed by atoms with Gasteiger partial charge in [-0.05, 0) is 41.7 Å². The standard InChI is InChI=1S/C17H17ClN2O/c18-14-8-5-12(6-9-14)11-19-17(21)20-16-10-7-13-3-1-2-4-15(13)16/h1-6,8-9,16H,7,10-11H2,(H2,19,20,21). The van der Waals surface area contributed by atoms with Crippen LogP contribution < -0.4 is 10.6 Å². The van der Waals surface area contributed by atoms with Crippen molar-refractivity contribution in [1.29, 1.82) is 0 Å². The summed E-state index contributed by atoms with van der Waals surface area (Å²) in [5, 5.41) is 6.62. The number of benzene rings is 2. The molecule has 1 unspecified atom stereocenters. The lowest BCUT2D eigenvalue weighted by Crippen LogP contribution is -2.36. The van der Waals surface area contributed by atoms with Crippen molar-refractivity contribution in [2.45, 2.75) is 25.4 Å². The lowest BCUT2D eigenvalue weighted by molar-refractivity contribution is 0.236. The Morgan fingerprint density at radius 2 is 1.90 bits per heavy atom. The summed E-state index contributed by atoms with van der Waals surface area (Å²) in [4.78, 5) is 12.0. The molecule has 0 spiro atoms. The third kappa shape index (κ3) is 3.37. The molecule has 0 fully saturated rings. The number of amides is 2. The van der Waals surface area contributed by atoms with Crippen molar-refractivity contribution in [2.24, 2.45) is 0 Å². The summed E-state index contributed by atoms with van der Waals surface area (Å²) in [7, 11) is 0. The topological polar surface area (TPSA) is 41.1 Å². The quantitative estimate of drug-likeness (QED) is 0.889. The molecule has 4 heteroatoms. The first kappa shape index (κ1) is 14.0. The molecule has 0 aromatic heterocycles. The maximum absolute atomic E-state index is 12.0. The zero-order valence-electron chi connectivity index (χ0n) is 11.6. The van der Waals surface area contributed by atoms with Gasteiger partial charge in [-0.3, -0.25) is 0 Å². The zero-order valence-corrected chi connectivity index (χ0v) is 12.4. The van der Waals surface area contributed by atoms with Crippen LogP contribution in [0.5, 0.6) is 0 Å². The highest BCUT2D eigenvalue weighted by Gasteiger charge is 2.23. The van der Waals surface area contributed by atoms with Crippen LogP contribution in [0.4, 0.5) is 4.79 Å². The van der Waals surface area contributed by atoms with E-state index in [1.54, 1.807) is 0 Å². The normalized spacial score (nSPS) is 16.3. The zero-order chi connectivity index (χ0) is 14.7. The average Bonchev–Trinajstić information content (AvgIpc) is 2.90. The van der Waals surface area contributed by atoms with Gasteiger partial charge in [0.15, 0.2) is 0 Å². The van der Waals surface area contributed by atoms with Crippen LogP contribution >= 0.6 is 11.6 Å². The smallest absolute Gasteiger partial charge is 0.315 e. The van der Waals surface area contributed by atoms with Crippen molar-refractivity contribution in [1.82, 2.24) is 10.6 Å². The van der Waals surface area contributed by atoms with Crippen LogP contribution in [0.15, 0.2) is 48.5 Å². The fourth-order valence-corrected chi connectivity index (χ4v) is 2.83. The van der Waals surface area contributed by atoms with Gasteiger partial charge in [0.25, 0.3) is 0 Å². The summed E-state index contributed by atoms with van der Waals surface area (Å²) >= 11 is 5.84. The number of rotatable bonds is 3. The van der Waals surface area contributed by atoms with E-state index in [1.165, 1.54) is 11.1 Å². The van der Waals surface area contributed by atoms with E-state index in [-0.39, 0.29) is 12.1 Å². The van der Waals surface area contributed by atoms with E-state index in [4.69, 9.17) is 11.6 Å². The molecule has 0 saturated heterocycles. The molecule has 108 valence electrons. The molecule has 1 atom stereocenters. The minimum Gasteiger partial charge on any atom is -0.334 e. The van der Waals surface area contributed by atoms with E-state index < -0.39 is 0 Å². The molecule has 2 aromatic carbocycles. The molecule has 2 amide bonds. The summed E-state index contributed by atoms with van der Waals surface area (Å²) in [5.74, 6) is 0. The van der Waals surface area contributed by atoms with Crippen LogP contribution in [0.2, 0.25) is 5.02 Å². The number of hydrogen-bond acceptors (Lipinski definition) is 1. The third-order valence-corrected chi connectivity index (χ3v) is 4.06. The van der Waals surface area contributed by atoms with Crippen LogP contribution in [-0.2, 0) is 13.0 Å². The molecule has 0 aliphatic heterocycles. The van der Waals surface area contributed by atoms with Crippen LogP contribution in [0.3, 0.4) is 0 Å². The largest absolute Gasteiger partial charge is 0.334 e. The molecule has 0 saturated carbocycles. The maximum Gasteiger partial charge on any atom is 0.315 e. The Balaban J connectivity index is 1.54. The lowest BCUT2D eigenvalue weighted by atomic mass is 10.1. The number of urea groups is 1. The molecule has 3 nitrogen and oxygen atoms in total. The molecule has 0 heterocycles. The number of halogens is 1. The first-order valence-electron chi connectivity index (χ1n) is 7.09. The monoisotopic (exact) mass is 300 g/mol. The van der Waals surface area contributed by atoms with Crippen molar-refractivity contribution >= 4 is 17.6 Å². The van der Waals surface area contributed by atoms with Gasteiger partial charge in [-0.15, -0.1) is 0 Å².